The Morgan fingerprint density at radius 3 is 2.40 bits per heavy atom. The molecule has 0 amide bonds. The van der Waals surface area contributed by atoms with E-state index in [1.165, 1.54) is 24.8 Å². The topological polar surface area (TPSA) is 42.1 Å². The number of pyridine rings is 1. The molecular formula is C21H22FNO2. The number of fused-ring (bicyclic) bond motifs is 1. The van der Waals surface area contributed by atoms with Gasteiger partial charge in [-0.2, -0.15) is 0 Å². The van der Waals surface area contributed by atoms with E-state index in [2.05, 4.69) is 37.9 Å². The molecule has 1 aromatic heterocycles. The highest BCUT2D eigenvalue weighted by Crippen LogP contribution is 2.30. The van der Waals surface area contributed by atoms with Gasteiger partial charge in [-0.1, -0.05) is 39.0 Å². The number of benzene rings is 2. The third-order valence-electron chi connectivity index (χ3n) is 4.50. The molecule has 0 bridgehead atoms. The summed E-state index contributed by atoms with van der Waals surface area (Å²) in [5, 5.41) is 0.0204. The fraction of sp³-hybridized carbons (Fsp3) is 0.286. The van der Waals surface area contributed by atoms with Crippen LogP contribution in [-0.2, 0) is 5.41 Å². The van der Waals surface area contributed by atoms with Gasteiger partial charge in [0.2, 0.25) is 0 Å². The highest BCUT2D eigenvalue weighted by Gasteiger charge is 2.17. The van der Waals surface area contributed by atoms with E-state index in [0.717, 1.165) is 11.1 Å². The Bertz CT molecular complexity index is 1010. The van der Waals surface area contributed by atoms with E-state index in [-0.39, 0.29) is 22.0 Å². The maximum Gasteiger partial charge on any atom is 0.193 e. The van der Waals surface area contributed by atoms with Gasteiger partial charge in [-0.05, 0) is 35.6 Å². The van der Waals surface area contributed by atoms with Gasteiger partial charge < -0.3 is 9.72 Å². The molecule has 0 aliphatic heterocycles. The minimum Gasteiger partial charge on any atom is -0.494 e. The molecule has 130 valence electrons. The van der Waals surface area contributed by atoms with Gasteiger partial charge in [-0.25, -0.2) is 4.39 Å². The molecule has 0 aliphatic carbocycles. The molecule has 3 aromatic rings. The van der Waals surface area contributed by atoms with Crippen molar-refractivity contribution >= 4 is 10.9 Å². The summed E-state index contributed by atoms with van der Waals surface area (Å²) in [4.78, 5) is 15.7. The van der Waals surface area contributed by atoms with Gasteiger partial charge >= 0.3 is 0 Å². The van der Waals surface area contributed by atoms with Crippen molar-refractivity contribution in [1.29, 1.82) is 0 Å². The minimum atomic E-state index is -0.632. The van der Waals surface area contributed by atoms with Crippen molar-refractivity contribution < 1.29 is 9.13 Å². The average Bonchev–Trinajstić information content (AvgIpc) is 2.53. The molecule has 0 fully saturated rings. The first kappa shape index (κ1) is 17.2. The lowest BCUT2D eigenvalue weighted by Gasteiger charge is -2.20. The van der Waals surface area contributed by atoms with Crippen molar-refractivity contribution in [2.24, 2.45) is 0 Å². The minimum absolute atomic E-state index is 0.0204. The fourth-order valence-corrected chi connectivity index (χ4v) is 3.02. The molecule has 3 rings (SSSR count). The van der Waals surface area contributed by atoms with Crippen molar-refractivity contribution in [3.63, 3.8) is 0 Å². The van der Waals surface area contributed by atoms with Crippen LogP contribution in [0.5, 0.6) is 5.75 Å². The van der Waals surface area contributed by atoms with Crippen molar-refractivity contribution in [2.75, 3.05) is 7.11 Å². The second kappa shape index (κ2) is 6.03. The first-order valence-corrected chi connectivity index (χ1v) is 8.23. The van der Waals surface area contributed by atoms with Crippen LogP contribution in [0.3, 0.4) is 0 Å². The molecule has 0 aliphatic rings. The number of aryl methyl sites for hydroxylation is 1. The zero-order chi connectivity index (χ0) is 18.4. The van der Waals surface area contributed by atoms with Crippen LogP contribution in [0, 0.1) is 12.7 Å². The molecule has 25 heavy (non-hydrogen) atoms. The summed E-state index contributed by atoms with van der Waals surface area (Å²) in [6.45, 7) is 8.50. The maximum atomic E-state index is 14.4. The summed E-state index contributed by atoms with van der Waals surface area (Å²) in [6.07, 6.45) is 0. The molecule has 1 N–H and O–H groups in total. The number of rotatable bonds is 2. The lowest BCUT2D eigenvalue weighted by Crippen LogP contribution is -2.11. The van der Waals surface area contributed by atoms with Crippen LogP contribution in [0.2, 0.25) is 0 Å². The van der Waals surface area contributed by atoms with E-state index in [9.17, 15) is 9.18 Å². The second-order valence-corrected chi connectivity index (χ2v) is 7.33. The van der Waals surface area contributed by atoms with E-state index >= 15 is 0 Å². The van der Waals surface area contributed by atoms with E-state index in [1.807, 2.05) is 13.0 Å². The number of aromatic nitrogens is 1. The van der Waals surface area contributed by atoms with Crippen LogP contribution in [0.1, 0.15) is 31.9 Å². The van der Waals surface area contributed by atoms with Gasteiger partial charge in [0.1, 0.15) is 0 Å². The highest BCUT2D eigenvalue weighted by molar-refractivity contribution is 5.84. The van der Waals surface area contributed by atoms with Crippen molar-refractivity contribution in [3.8, 4) is 17.0 Å². The molecule has 0 saturated carbocycles. The fourth-order valence-electron chi connectivity index (χ4n) is 3.02. The molecule has 0 radical (unpaired) electrons. The molecule has 0 spiro atoms. The smallest absolute Gasteiger partial charge is 0.193 e. The van der Waals surface area contributed by atoms with Crippen LogP contribution in [0.25, 0.3) is 22.2 Å². The Morgan fingerprint density at radius 1 is 1.08 bits per heavy atom. The Morgan fingerprint density at radius 2 is 1.80 bits per heavy atom. The molecule has 2 aromatic carbocycles. The number of ether oxygens (including phenoxy) is 1. The quantitative estimate of drug-likeness (QED) is 0.718. The standard InChI is InChI=1S/C21H22FNO2/c1-12-10-13(21(2,3)4)6-7-14(12)16-11-17(24)19-15(23-16)8-9-18(25-5)20(19)22/h6-11H,1-5H3,(H,23,24). The number of H-pyrrole nitrogens is 1. The zero-order valence-electron chi connectivity index (χ0n) is 15.2. The van der Waals surface area contributed by atoms with Crippen molar-refractivity contribution in [2.45, 2.75) is 33.1 Å². The molecule has 3 nitrogen and oxygen atoms in total. The van der Waals surface area contributed by atoms with Gasteiger partial charge in [-0.15, -0.1) is 0 Å². The van der Waals surface area contributed by atoms with Crippen molar-refractivity contribution in [1.82, 2.24) is 4.98 Å². The maximum absolute atomic E-state index is 14.4. The summed E-state index contributed by atoms with van der Waals surface area (Å²) in [5.74, 6) is -0.566. The first-order valence-electron chi connectivity index (χ1n) is 8.23. The van der Waals surface area contributed by atoms with Crippen LogP contribution in [-0.4, -0.2) is 12.1 Å². The number of methoxy groups -OCH3 is 1. The number of hydrogen-bond donors (Lipinski definition) is 1. The lowest BCUT2D eigenvalue weighted by atomic mass is 9.85. The third-order valence-corrected chi connectivity index (χ3v) is 4.50. The monoisotopic (exact) mass is 339 g/mol. The number of halogens is 1. The molecule has 0 atom stereocenters. The van der Waals surface area contributed by atoms with E-state index < -0.39 is 5.82 Å². The Kier molecular flexibility index (Phi) is 4.15. The second-order valence-electron chi connectivity index (χ2n) is 7.33. The van der Waals surface area contributed by atoms with Gasteiger partial charge in [0.05, 0.1) is 18.0 Å². The molecule has 1 heterocycles. The van der Waals surface area contributed by atoms with Gasteiger partial charge in [0.25, 0.3) is 0 Å². The van der Waals surface area contributed by atoms with Crippen LogP contribution in [0.4, 0.5) is 4.39 Å². The van der Waals surface area contributed by atoms with E-state index in [1.54, 1.807) is 6.07 Å². The van der Waals surface area contributed by atoms with Gasteiger partial charge in [-0.3, -0.25) is 4.79 Å². The Balaban J connectivity index is 2.19. The summed E-state index contributed by atoms with van der Waals surface area (Å²) < 4.78 is 19.3. The lowest BCUT2D eigenvalue weighted by molar-refractivity contribution is 0.389. The summed E-state index contributed by atoms with van der Waals surface area (Å²) in [6, 6.07) is 10.8. The number of nitrogens with one attached hydrogen (secondary N) is 1. The van der Waals surface area contributed by atoms with Crippen LogP contribution < -0.4 is 10.2 Å². The average molecular weight is 339 g/mol. The van der Waals surface area contributed by atoms with E-state index in [0.29, 0.717) is 11.2 Å². The predicted molar refractivity (Wildman–Crippen MR) is 100.0 cm³/mol. The summed E-state index contributed by atoms with van der Waals surface area (Å²) in [5.41, 5.74) is 4.06. The molecule has 4 heteroatoms. The summed E-state index contributed by atoms with van der Waals surface area (Å²) >= 11 is 0. The van der Waals surface area contributed by atoms with Crippen molar-refractivity contribution in [3.05, 3.63) is 63.6 Å². The highest BCUT2D eigenvalue weighted by atomic mass is 19.1. The van der Waals surface area contributed by atoms with E-state index in [4.69, 9.17) is 4.74 Å². The normalized spacial score (nSPS) is 11.8. The molecule has 0 unspecified atom stereocenters. The van der Waals surface area contributed by atoms with Crippen LogP contribution >= 0.6 is 0 Å². The third kappa shape index (κ3) is 3.04. The molecule has 0 saturated heterocycles. The Labute approximate surface area is 146 Å². The SMILES string of the molecule is COc1ccc2[nH]c(-c3ccc(C(C)(C)C)cc3C)cc(=O)c2c1F. The van der Waals surface area contributed by atoms with Gasteiger partial charge in [0, 0.05) is 17.3 Å². The number of hydrogen-bond acceptors (Lipinski definition) is 2. The van der Waals surface area contributed by atoms with Crippen LogP contribution in [0.15, 0.2) is 41.2 Å². The number of aromatic amines is 1. The predicted octanol–water partition coefficient (Wildman–Crippen LogP) is 4.95. The zero-order valence-corrected chi connectivity index (χ0v) is 15.2. The molecular weight excluding hydrogens is 317 g/mol. The Hall–Kier alpha value is -2.62. The largest absolute Gasteiger partial charge is 0.494 e. The summed E-state index contributed by atoms with van der Waals surface area (Å²) in [7, 11) is 1.38. The first-order chi connectivity index (χ1) is 11.7. The van der Waals surface area contributed by atoms with Gasteiger partial charge in [0.15, 0.2) is 17.0 Å².